The SMILES string of the molecule is CCn1cc(C(=O)OC2CC2)c(=O)c2c(NCc3ccccc3)c(F)c(F)c(F)c21. The Labute approximate surface area is 170 Å². The zero-order valence-electron chi connectivity index (χ0n) is 16.2. The van der Waals surface area contributed by atoms with Crippen LogP contribution in [0.3, 0.4) is 0 Å². The van der Waals surface area contributed by atoms with Crippen molar-refractivity contribution >= 4 is 22.6 Å². The van der Waals surface area contributed by atoms with E-state index in [0.29, 0.717) is 12.8 Å². The molecule has 1 aliphatic carbocycles. The Morgan fingerprint density at radius 1 is 1.13 bits per heavy atom. The third-order valence-electron chi connectivity index (χ3n) is 5.01. The number of nitrogens with zero attached hydrogens (tertiary/aromatic N) is 1. The van der Waals surface area contributed by atoms with E-state index in [0.717, 1.165) is 11.8 Å². The largest absolute Gasteiger partial charge is 0.459 e. The van der Waals surface area contributed by atoms with Crippen molar-refractivity contribution in [3.63, 3.8) is 0 Å². The van der Waals surface area contributed by atoms with Crippen molar-refractivity contribution in [3.05, 3.63) is 75.3 Å². The van der Waals surface area contributed by atoms with Crippen molar-refractivity contribution in [1.82, 2.24) is 4.57 Å². The first-order chi connectivity index (χ1) is 14.4. The summed E-state index contributed by atoms with van der Waals surface area (Å²) < 4.78 is 50.1. The summed E-state index contributed by atoms with van der Waals surface area (Å²) in [6, 6.07) is 8.86. The van der Waals surface area contributed by atoms with Crippen LogP contribution in [-0.2, 0) is 17.8 Å². The molecule has 0 unspecified atom stereocenters. The standard InChI is InChI=1S/C22H19F3N2O3/c1-2-27-11-14(22(29)30-13-8-9-13)21(28)15-19(17(24)16(23)18(25)20(15)27)26-10-12-6-4-3-5-7-12/h3-7,11,13,26H,2,8-10H2,1H3. The molecule has 5 nitrogen and oxygen atoms in total. The Balaban J connectivity index is 1.92. The zero-order valence-corrected chi connectivity index (χ0v) is 16.2. The van der Waals surface area contributed by atoms with Crippen molar-refractivity contribution < 1.29 is 22.7 Å². The number of hydrogen-bond donors (Lipinski definition) is 1. The van der Waals surface area contributed by atoms with Gasteiger partial charge in [0.15, 0.2) is 17.5 Å². The van der Waals surface area contributed by atoms with E-state index in [1.165, 1.54) is 4.57 Å². The van der Waals surface area contributed by atoms with Gasteiger partial charge in [0.1, 0.15) is 11.7 Å². The van der Waals surface area contributed by atoms with Crippen LogP contribution >= 0.6 is 0 Å². The normalized spacial score (nSPS) is 13.5. The Morgan fingerprint density at radius 2 is 1.83 bits per heavy atom. The van der Waals surface area contributed by atoms with Gasteiger partial charge in [-0.05, 0) is 25.3 Å². The molecule has 1 aromatic heterocycles. The average molecular weight is 416 g/mol. The second kappa shape index (κ2) is 7.85. The van der Waals surface area contributed by atoms with E-state index in [9.17, 15) is 22.8 Å². The van der Waals surface area contributed by atoms with Crippen LogP contribution in [0, 0.1) is 17.5 Å². The molecule has 2 aromatic carbocycles. The maximum absolute atomic E-state index is 14.7. The van der Waals surface area contributed by atoms with Crippen molar-refractivity contribution in [2.75, 3.05) is 5.32 Å². The van der Waals surface area contributed by atoms with Gasteiger partial charge < -0.3 is 14.6 Å². The highest BCUT2D eigenvalue weighted by atomic mass is 19.2. The Hall–Kier alpha value is -3.29. The van der Waals surface area contributed by atoms with E-state index in [2.05, 4.69) is 5.32 Å². The molecule has 0 aliphatic heterocycles. The van der Waals surface area contributed by atoms with Gasteiger partial charge in [-0.15, -0.1) is 0 Å². The molecule has 1 fully saturated rings. The number of benzene rings is 2. The molecule has 30 heavy (non-hydrogen) atoms. The molecular weight excluding hydrogens is 397 g/mol. The molecule has 1 N–H and O–H groups in total. The van der Waals surface area contributed by atoms with Gasteiger partial charge >= 0.3 is 5.97 Å². The summed E-state index contributed by atoms with van der Waals surface area (Å²) in [6.07, 6.45) is 2.30. The van der Waals surface area contributed by atoms with E-state index in [-0.39, 0.29) is 24.8 Å². The fraction of sp³-hybridized carbons (Fsp3) is 0.273. The van der Waals surface area contributed by atoms with Crippen molar-refractivity contribution in [3.8, 4) is 0 Å². The van der Waals surface area contributed by atoms with Crippen LogP contribution in [0.2, 0.25) is 0 Å². The monoisotopic (exact) mass is 416 g/mol. The van der Waals surface area contributed by atoms with Crippen molar-refractivity contribution in [1.29, 1.82) is 0 Å². The lowest BCUT2D eigenvalue weighted by Crippen LogP contribution is -2.24. The first-order valence-corrected chi connectivity index (χ1v) is 9.64. The third-order valence-corrected chi connectivity index (χ3v) is 5.01. The maximum Gasteiger partial charge on any atom is 0.343 e. The lowest BCUT2D eigenvalue weighted by Gasteiger charge is -2.17. The first kappa shape index (κ1) is 20.0. The van der Waals surface area contributed by atoms with Gasteiger partial charge in [0, 0.05) is 19.3 Å². The molecule has 1 saturated carbocycles. The molecule has 1 aliphatic rings. The van der Waals surface area contributed by atoms with E-state index < -0.39 is 45.4 Å². The second-order valence-corrected chi connectivity index (χ2v) is 7.14. The summed E-state index contributed by atoms with van der Waals surface area (Å²) >= 11 is 0. The van der Waals surface area contributed by atoms with Crippen LogP contribution in [-0.4, -0.2) is 16.6 Å². The van der Waals surface area contributed by atoms with E-state index >= 15 is 0 Å². The highest BCUT2D eigenvalue weighted by Crippen LogP contribution is 2.31. The summed E-state index contributed by atoms with van der Waals surface area (Å²) in [5, 5.41) is 2.28. The van der Waals surface area contributed by atoms with Crippen LogP contribution in [0.25, 0.3) is 10.9 Å². The molecule has 4 rings (SSSR count). The number of nitrogens with one attached hydrogen (secondary N) is 1. The van der Waals surface area contributed by atoms with Crippen molar-refractivity contribution in [2.24, 2.45) is 0 Å². The van der Waals surface area contributed by atoms with Crippen LogP contribution in [0.5, 0.6) is 0 Å². The molecule has 0 saturated heterocycles. The summed E-state index contributed by atoms with van der Waals surface area (Å²) in [5.74, 6) is -5.53. The quantitative estimate of drug-likeness (QED) is 0.479. The third kappa shape index (κ3) is 3.53. The summed E-state index contributed by atoms with van der Waals surface area (Å²) in [5.41, 5.74) is -1.39. The number of esters is 1. The first-order valence-electron chi connectivity index (χ1n) is 9.64. The molecule has 1 heterocycles. The lowest BCUT2D eigenvalue weighted by atomic mass is 10.1. The molecule has 8 heteroatoms. The summed E-state index contributed by atoms with van der Waals surface area (Å²) in [6.45, 7) is 1.83. The zero-order chi connectivity index (χ0) is 21.4. The molecule has 3 aromatic rings. The number of halogens is 3. The van der Waals surface area contributed by atoms with Crippen LogP contribution in [0.4, 0.5) is 18.9 Å². The smallest absolute Gasteiger partial charge is 0.343 e. The number of carbonyl (C=O) groups is 1. The minimum Gasteiger partial charge on any atom is -0.459 e. The van der Waals surface area contributed by atoms with E-state index in [4.69, 9.17) is 4.74 Å². The Bertz CT molecular complexity index is 1190. The number of aryl methyl sites for hydroxylation is 1. The number of rotatable bonds is 6. The molecular formula is C22H19F3N2O3. The number of fused-ring (bicyclic) bond motifs is 1. The van der Waals surface area contributed by atoms with Gasteiger partial charge in [-0.2, -0.15) is 0 Å². The topological polar surface area (TPSA) is 60.3 Å². The summed E-state index contributed by atoms with van der Waals surface area (Å²) in [4.78, 5) is 25.5. The van der Waals surface area contributed by atoms with Gasteiger partial charge in [0.2, 0.25) is 5.43 Å². The number of aromatic nitrogens is 1. The van der Waals surface area contributed by atoms with Gasteiger partial charge in [-0.25, -0.2) is 18.0 Å². The van der Waals surface area contributed by atoms with E-state index in [1.807, 2.05) is 0 Å². The van der Waals surface area contributed by atoms with Crippen LogP contribution < -0.4 is 10.7 Å². The number of ether oxygens (including phenoxy) is 1. The van der Waals surface area contributed by atoms with E-state index in [1.54, 1.807) is 37.3 Å². The Kier molecular flexibility index (Phi) is 5.24. The maximum atomic E-state index is 14.7. The predicted octanol–water partition coefficient (Wildman–Crippen LogP) is 4.37. The van der Waals surface area contributed by atoms with Gasteiger partial charge in [0.05, 0.1) is 16.6 Å². The lowest BCUT2D eigenvalue weighted by molar-refractivity contribution is 0.0470. The van der Waals surface area contributed by atoms with Gasteiger partial charge in [0.25, 0.3) is 0 Å². The van der Waals surface area contributed by atoms with Crippen molar-refractivity contribution in [2.45, 2.75) is 39.0 Å². The molecule has 0 spiro atoms. The molecule has 0 atom stereocenters. The molecule has 0 radical (unpaired) electrons. The highest BCUT2D eigenvalue weighted by Gasteiger charge is 2.30. The fourth-order valence-corrected chi connectivity index (χ4v) is 3.30. The minimum absolute atomic E-state index is 0.0697. The number of carbonyl (C=O) groups excluding carboxylic acids is 1. The van der Waals surface area contributed by atoms with Gasteiger partial charge in [-0.3, -0.25) is 4.79 Å². The molecule has 0 bridgehead atoms. The van der Waals surface area contributed by atoms with Crippen LogP contribution in [0.1, 0.15) is 35.7 Å². The number of hydrogen-bond acceptors (Lipinski definition) is 4. The van der Waals surface area contributed by atoms with Gasteiger partial charge in [-0.1, -0.05) is 30.3 Å². The molecule has 0 amide bonds. The average Bonchev–Trinajstić information content (AvgIpc) is 3.57. The number of pyridine rings is 1. The Morgan fingerprint density at radius 3 is 2.47 bits per heavy atom. The second-order valence-electron chi connectivity index (χ2n) is 7.14. The molecule has 156 valence electrons. The fourth-order valence-electron chi connectivity index (χ4n) is 3.30. The predicted molar refractivity (Wildman–Crippen MR) is 106 cm³/mol. The summed E-state index contributed by atoms with van der Waals surface area (Å²) in [7, 11) is 0. The van der Waals surface area contributed by atoms with Crippen LogP contribution in [0.15, 0.2) is 41.3 Å². The minimum atomic E-state index is -1.69. The number of anilines is 1. The highest BCUT2D eigenvalue weighted by molar-refractivity contribution is 5.99.